The molecule has 0 bridgehead atoms. The predicted octanol–water partition coefficient (Wildman–Crippen LogP) is 1.12. The monoisotopic (exact) mass is 247 g/mol. The maximum absolute atomic E-state index is 10.8. The summed E-state index contributed by atoms with van der Waals surface area (Å²) in [6, 6.07) is 5.33. The van der Waals surface area contributed by atoms with Crippen molar-refractivity contribution in [2.75, 3.05) is 7.11 Å². The summed E-state index contributed by atoms with van der Waals surface area (Å²) in [5.41, 5.74) is 2.14. The lowest BCUT2D eigenvalue weighted by molar-refractivity contribution is -0.136. The molecule has 1 heterocycles. The van der Waals surface area contributed by atoms with Gasteiger partial charge in [0.1, 0.15) is 11.4 Å². The average Bonchev–Trinajstić information content (AvgIpc) is 2.75. The van der Waals surface area contributed by atoms with Crippen molar-refractivity contribution in [2.24, 2.45) is 7.05 Å². The van der Waals surface area contributed by atoms with Crippen LogP contribution in [0.25, 0.3) is 11.3 Å². The van der Waals surface area contributed by atoms with Crippen LogP contribution in [0.4, 0.5) is 0 Å². The van der Waals surface area contributed by atoms with Gasteiger partial charge in [0.15, 0.2) is 0 Å². The fraction of sp³-hybridized carbons (Fsp3) is 0.250. The number of aromatic nitrogens is 3. The molecule has 0 amide bonds. The highest BCUT2D eigenvalue weighted by atomic mass is 16.5. The number of aryl methyl sites for hydroxylation is 1. The Bertz CT molecular complexity index is 578. The number of hydrogen-bond acceptors (Lipinski definition) is 4. The lowest BCUT2D eigenvalue weighted by Gasteiger charge is -2.07. The van der Waals surface area contributed by atoms with E-state index in [1.54, 1.807) is 25.4 Å². The molecule has 0 aliphatic rings. The summed E-state index contributed by atoms with van der Waals surface area (Å²) in [5.74, 6) is -0.338. The highest BCUT2D eigenvalue weighted by Gasteiger charge is 2.11. The Balaban J connectivity index is 2.41. The van der Waals surface area contributed by atoms with E-state index < -0.39 is 5.97 Å². The van der Waals surface area contributed by atoms with Crippen molar-refractivity contribution in [1.82, 2.24) is 15.0 Å². The van der Waals surface area contributed by atoms with Gasteiger partial charge in [-0.05, 0) is 18.2 Å². The van der Waals surface area contributed by atoms with Gasteiger partial charge in [-0.3, -0.25) is 4.79 Å². The fourth-order valence-corrected chi connectivity index (χ4v) is 1.72. The van der Waals surface area contributed by atoms with E-state index in [1.165, 1.54) is 11.9 Å². The second kappa shape index (κ2) is 4.87. The van der Waals surface area contributed by atoms with Crippen molar-refractivity contribution in [3.05, 3.63) is 30.0 Å². The molecule has 18 heavy (non-hydrogen) atoms. The number of methoxy groups -OCH3 is 1. The smallest absolute Gasteiger partial charge is 0.307 e. The minimum absolute atomic E-state index is 0.0860. The normalized spacial score (nSPS) is 10.3. The third-order valence-electron chi connectivity index (χ3n) is 2.52. The third kappa shape index (κ3) is 2.48. The maximum Gasteiger partial charge on any atom is 0.307 e. The minimum Gasteiger partial charge on any atom is -0.496 e. The number of carboxylic acids is 1. The van der Waals surface area contributed by atoms with Crippen molar-refractivity contribution in [2.45, 2.75) is 6.42 Å². The van der Waals surface area contributed by atoms with E-state index in [9.17, 15) is 4.79 Å². The maximum atomic E-state index is 10.8. The van der Waals surface area contributed by atoms with Gasteiger partial charge in [-0.15, -0.1) is 0 Å². The molecule has 1 aromatic heterocycles. The number of nitrogens with zero attached hydrogens (tertiary/aromatic N) is 3. The number of benzene rings is 1. The number of hydrogen-bond donors (Lipinski definition) is 1. The molecule has 0 atom stereocenters. The summed E-state index contributed by atoms with van der Waals surface area (Å²) >= 11 is 0. The molecule has 0 radical (unpaired) electrons. The van der Waals surface area contributed by atoms with Crippen LogP contribution >= 0.6 is 0 Å². The largest absolute Gasteiger partial charge is 0.496 e. The zero-order valence-electron chi connectivity index (χ0n) is 10.1. The second-order valence-electron chi connectivity index (χ2n) is 3.82. The van der Waals surface area contributed by atoms with Crippen LogP contribution in [-0.2, 0) is 18.3 Å². The average molecular weight is 247 g/mol. The molecule has 0 spiro atoms. The van der Waals surface area contributed by atoms with Gasteiger partial charge < -0.3 is 9.84 Å². The van der Waals surface area contributed by atoms with Crippen LogP contribution in [0.3, 0.4) is 0 Å². The Hall–Kier alpha value is -2.37. The highest BCUT2D eigenvalue weighted by molar-refractivity contribution is 5.73. The molecule has 6 heteroatoms. The summed E-state index contributed by atoms with van der Waals surface area (Å²) in [4.78, 5) is 12.3. The highest BCUT2D eigenvalue weighted by Crippen LogP contribution is 2.25. The molecule has 0 fully saturated rings. The molecule has 6 nitrogen and oxygen atoms in total. The van der Waals surface area contributed by atoms with Gasteiger partial charge in [-0.25, -0.2) is 0 Å². The molecule has 0 aliphatic carbocycles. The number of ether oxygens (including phenoxy) is 1. The molecule has 1 N–H and O–H groups in total. The molecule has 0 unspecified atom stereocenters. The molecular formula is C12H13N3O3. The zero-order chi connectivity index (χ0) is 13.1. The number of carbonyl (C=O) groups is 1. The first-order chi connectivity index (χ1) is 8.60. The van der Waals surface area contributed by atoms with Crippen LogP contribution in [0.2, 0.25) is 0 Å². The van der Waals surface area contributed by atoms with Gasteiger partial charge in [-0.1, -0.05) is 0 Å². The SMILES string of the molecule is COc1ccc(-c2cnn(C)n2)cc1CC(=O)O. The molecular weight excluding hydrogens is 234 g/mol. The van der Waals surface area contributed by atoms with Crippen molar-refractivity contribution in [3.63, 3.8) is 0 Å². The third-order valence-corrected chi connectivity index (χ3v) is 2.52. The van der Waals surface area contributed by atoms with E-state index in [-0.39, 0.29) is 6.42 Å². The first kappa shape index (κ1) is 12.1. The Morgan fingerprint density at radius 1 is 1.50 bits per heavy atom. The molecule has 0 aliphatic heterocycles. The van der Waals surface area contributed by atoms with E-state index in [0.717, 1.165) is 5.56 Å². The van der Waals surface area contributed by atoms with Crippen molar-refractivity contribution < 1.29 is 14.6 Å². The summed E-state index contributed by atoms with van der Waals surface area (Å²) in [7, 11) is 3.24. The Morgan fingerprint density at radius 3 is 2.83 bits per heavy atom. The lowest BCUT2D eigenvalue weighted by Crippen LogP contribution is -2.02. The molecule has 2 rings (SSSR count). The second-order valence-corrected chi connectivity index (χ2v) is 3.82. The van der Waals surface area contributed by atoms with Crippen LogP contribution in [0, 0.1) is 0 Å². The van der Waals surface area contributed by atoms with Gasteiger partial charge in [-0.2, -0.15) is 15.0 Å². The summed E-state index contributed by atoms with van der Waals surface area (Å²) in [6.45, 7) is 0. The van der Waals surface area contributed by atoms with Gasteiger partial charge in [0, 0.05) is 18.2 Å². The van der Waals surface area contributed by atoms with E-state index in [2.05, 4.69) is 10.2 Å². The van der Waals surface area contributed by atoms with Crippen molar-refractivity contribution in [3.8, 4) is 17.0 Å². The van der Waals surface area contributed by atoms with Crippen molar-refractivity contribution >= 4 is 5.97 Å². The van der Waals surface area contributed by atoms with Crippen LogP contribution in [0.15, 0.2) is 24.4 Å². The number of rotatable bonds is 4. The first-order valence-electron chi connectivity index (χ1n) is 5.35. The van der Waals surface area contributed by atoms with Crippen LogP contribution in [0.5, 0.6) is 5.75 Å². The van der Waals surface area contributed by atoms with E-state index in [1.807, 2.05) is 6.07 Å². The first-order valence-corrected chi connectivity index (χ1v) is 5.35. The van der Waals surface area contributed by atoms with E-state index in [0.29, 0.717) is 17.0 Å². The van der Waals surface area contributed by atoms with Crippen LogP contribution in [-0.4, -0.2) is 33.2 Å². The molecule has 1 aromatic carbocycles. The Kier molecular flexibility index (Phi) is 3.27. The predicted molar refractivity (Wildman–Crippen MR) is 64.3 cm³/mol. The van der Waals surface area contributed by atoms with Gasteiger partial charge >= 0.3 is 5.97 Å². The van der Waals surface area contributed by atoms with E-state index in [4.69, 9.17) is 9.84 Å². The van der Waals surface area contributed by atoms with E-state index >= 15 is 0 Å². The minimum atomic E-state index is -0.899. The van der Waals surface area contributed by atoms with Crippen LogP contribution in [0.1, 0.15) is 5.56 Å². The topological polar surface area (TPSA) is 77.2 Å². The van der Waals surface area contributed by atoms with Gasteiger partial charge in [0.25, 0.3) is 0 Å². The Morgan fingerprint density at radius 2 is 2.28 bits per heavy atom. The summed E-state index contributed by atoms with van der Waals surface area (Å²) in [6.07, 6.45) is 1.55. The fourth-order valence-electron chi connectivity index (χ4n) is 1.72. The summed E-state index contributed by atoms with van der Waals surface area (Å²) < 4.78 is 5.14. The number of carboxylic acid groups (broad SMARTS) is 1. The lowest BCUT2D eigenvalue weighted by atomic mass is 10.1. The quantitative estimate of drug-likeness (QED) is 0.876. The zero-order valence-corrected chi connectivity index (χ0v) is 10.1. The molecule has 94 valence electrons. The van der Waals surface area contributed by atoms with Crippen molar-refractivity contribution in [1.29, 1.82) is 0 Å². The molecule has 0 saturated carbocycles. The standard InChI is InChI=1S/C12H13N3O3/c1-15-13-7-10(14-15)8-3-4-11(18-2)9(5-8)6-12(16)17/h3-5,7H,6H2,1-2H3,(H,16,17). The Labute approximate surface area is 104 Å². The molecule has 2 aromatic rings. The van der Waals surface area contributed by atoms with Crippen LogP contribution < -0.4 is 4.74 Å². The molecule has 0 saturated heterocycles. The van der Waals surface area contributed by atoms with Gasteiger partial charge in [0.05, 0.1) is 19.7 Å². The number of aliphatic carboxylic acids is 1. The van der Waals surface area contributed by atoms with Gasteiger partial charge in [0.2, 0.25) is 0 Å². The summed E-state index contributed by atoms with van der Waals surface area (Å²) in [5, 5.41) is 17.0.